The van der Waals surface area contributed by atoms with Gasteiger partial charge in [0.25, 0.3) is 0 Å². The van der Waals surface area contributed by atoms with E-state index >= 15 is 0 Å². The number of carbonyl (C=O) groups excluding carboxylic acids is 1. The summed E-state index contributed by atoms with van der Waals surface area (Å²) in [7, 11) is 0. The minimum Gasteiger partial charge on any atom is -0.428 e. The Bertz CT molecular complexity index is 640. The zero-order valence-electron chi connectivity index (χ0n) is 10.9. The Kier molecular flexibility index (Phi) is 5.51. The molecule has 1 aromatic carbocycles. The first-order valence-corrected chi connectivity index (χ1v) is 5.51. The normalized spacial score (nSPS) is 14.0. The van der Waals surface area contributed by atoms with Crippen molar-refractivity contribution in [3.8, 4) is 5.75 Å². The first-order chi connectivity index (χ1) is 10.8. The van der Waals surface area contributed by atoms with E-state index in [0.717, 1.165) is 6.08 Å². The number of nitrogens with zero attached hydrogens (tertiary/aromatic N) is 1. The summed E-state index contributed by atoms with van der Waals surface area (Å²) in [6.45, 7) is 0. The van der Waals surface area contributed by atoms with Gasteiger partial charge >= 0.3 is 24.8 Å². The number of aliphatic imine (C=N–C) groups is 1. The second-order valence-corrected chi connectivity index (χ2v) is 3.93. The average molecular weight is 369 g/mol. The van der Waals surface area contributed by atoms with Gasteiger partial charge in [0.1, 0.15) is 11.4 Å². The number of benzene rings is 1. The Balaban J connectivity index is 2.93. The molecule has 0 aliphatic rings. The number of halogens is 9. The lowest BCUT2D eigenvalue weighted by atomic mass is 10.3. The summed E-state index contributed by atoms with van der Waals surface area (Å²) < 4.78 is 118. The summed E-state index contributed by atoms with van der Waals surface area (Å²) in [5.41, 5.74) is -0.669. The molecule has 0 radical (unpaired) electrons. The lowest BCUT2D eigenvalue weighted by Gasteiger charge is -2.26. The van der Waals surface area contributed by atoms with E-state index in [1.54, 1.807) is 0 Å². The second kappa shape index (κ2) is 6.69. The van der Waals surface area contributed by atoms with E-state index < -0.39 is 42.0 Å². The van der Waals surface area contributed by atoms with Gasteiger partial charge in [-0.2, -0.15) is 35.7 Å². The SMILES string of the molecule is O=C=Nc1ccc(OC(F)(F)C(F)OC(F)(F)C(F)(F)F)cc1F. The third kappa shape index (κ3) is 4.61. The van der Waals surface area contributed by atoms with Crippen LogP contribution in [0.15, 0.2) is 23.2 Å². The molecule has 134 valence electrons. The quantitative estimate of drug-likeness (QED) is 0.428. The zero-order valence-corrected chi connectivity index (χ0v) is 10.9. The van der Waals surface area contributed by atoms with Gasteiger partial charge in [-0.3, -0.25) is 4.74 Å². The fraction of sp³-hybridized carbons (Fsp3) is 0.364. The average Bonchev–Trinajstić information content (AvgIpc) is 2.39. The van der Waals surface area contributed by atoms with Crippen molar-refractivity contribution in [3.63, 3.8) is 0 Å². The van der Waals surface area contributed by atoms with Crippen molar-refractivity contribution in [2.45, 2.75) is 24.8 Å². The van der Waals surface area contributed by atoms with E-state index in [0.29, 0.717) is 12.1 Å². The van der Waals surface area contributed by atoms with Crippen LogP contribution in [0.3, 0.4) is 0 Å². The summed E-state index contributed by atoms with van der Waals surface area (Å²) in [5.74, 6) is -2.58. The van der Waals surface area contributed by atoms with Crippen LogP contribution in [0.25, 0.3) is 0 Å². The molecule has 24 heavy (non-hydrogen) atoms. The van der Waals surface area contributed by atoms with Gasteiger partial charge in [0.15, 0.2) is 5.82 Å². The van der Waals surface area contributed by atoms with Crippen LogP contribution in [-0.4, -0.2) is 30.8 Å². The maximum atomic E-state index is 13.2. The topological polar surface area (TPSA) is 47.9 Å². The largest absolute Gasteiger partial charge is 0.483 e. The maximum Gasteiger partial charge on any atom is 0.483 e. The molecule has 1 unspecified atom stereocenters. The highest BCUT2D eigenvalue weighted by Gasteiger charge is 2.64. The van der Waals surface area contributed by atoms with Crippen LogP contribution in [0.1, 0.15) is 0 Å². The van der Waals surface area contributed by atoms with Crippen LogP contribution in [0, 0.1) is 5.82 Å². The first kappa shape index (κ1) is 19.8. The molecule has 0 saturated carbocycles. The molecule has 0 amide bonds. The van der Waals surface area contributed by atoms with Crippen LogP contribution in [0.5, 0.6) is 5.75 Å². The summed E-state index contributed by atoms with van der Waals surface area (Å²) in [6.07, 6.45) is -21.6. The van der Waals surface area contributed by atoms with Crippen LogP contribution < -0.4 is 4.74 Å². The molecule has 0 heterocycles. The second-order valence-electron chi connectivity index (χ2n) is 3.93. The molecule has 0 aliphatic heterocycles. The Labute approximate surface area is 126 Å². The van der Waals surface area contributed by atoms with Crippen LogP contribution in [0.2, 0.25) is 0 Å². The van der Waals surface area contributed by atoms with Gasteiger partial charge in [0.2, 0.25) is 6.08 Å². The minimum absolute atomic E-state index is 0.151. The van der Waals surface area contributed by atoms with Crippen LogP contribution in [0.4, 0.5) is 45.2 Å². The summed E-state index contributed by atoms with van der Waals surface area (Å²) >= 11 is 0. The summed E-state index contributed by atoms with van der Waals surface area (Å²) in [5, 5.41) is 0. The standard InChI is InChI=1S/C11H4F9NO3/c12-6-3-5(1-2-7(6)21-4-22)23-9(14,15)8(13)24-11(19,20)10(16,17)18/h1-3,8H. The van der Waals surface area contributed by atoms with Crippen molar-refractivity contribution in [2.24, 2.45) is 4.99 Å². The lowest BCUT2D eigenvalue weighted by Crippen LogP contribution is -2.48. The molecule has 1 aromatic rings. The van der Waals surface area contributed by atoms with Crippen LogP contribution >= 0.6 is 0 Å². The van der Waals surface area contributed by atoms with Crippen molar-refractivity contribution < 1.29 is 53.8 Å². The minimum atomic E-state index is -6.45. The molecule has 0 aliphatic carbocycles. The predicted octanol–water partition coefficient (Wildman–Crippen LogP) is 4.23. The monoisotopic (exact) mass is 369 g/mol. The number of rotatable bonds is 6. The van der Waals surface area contributed by atoms with Crippen molar-refractivity contribution in [1.82, 2.24) is 0 Å². The molecule has 1 atom stereocenters. The van der Waals surface area contributed by atoms with Crippen molar-refractivity contribution in [1.29, 1.82) is 0 Å². The molecular weight excluding hydrogens is 365 g/mol. The van der Waals surface area contributed by atoms with E-state index in [1.807, 2.05) is 0 Å². The van der Waals surface area contributed by atoms with E-state index in [1.165, 1.54) is 0 Å². The van der Waals surface area contributed by atoms with Gasteiger partial charge in [-0.1, -0.05) is 0 Å². The maximum absolute atomic E-state index is 13.2. The number of ether oxygens (including phenoxy) is 2. The fourth-order valence-electron chi connectivity index (χ4n) is 1.16. The molecule has 0 bridgehead atoms. The number of hydrogen-bond acceptors (Lipinski definition) is 4. The molecular formula is C11H4F9NO3. The Morgan fingerprint density at radius 1 is 1.08 bits per heavy atom. The van der Waals surface area contributed by atoms with Crippen molar-refractivity contribution in [2.75, 3.05) is 0 Å². The van der Waals surface area contributed by atoms with Gasteiger partial charge in [-0.15, -0.1) is 0 Å². The Hall–Kier alpha value is -2.27. The highest BCUT2D eigenvalue weighted by Crippen LogP contribution is 2.40. The molecule has 0 fully saturated rings. The molecule has 0 spiro atoms. The summed E-state index contributed by atoms with van der Waals surface area (Å²) in [4.78, 5) is 12.7. The van der Waals surface area contributed by atoms with Crippen LogP contribution in [-0.2, 0) is 9.53 Å². The molecule has 0 saturated heterocycles. The van der Waals surface area contributed by atoms with Crippen molar-refractivity contribution in [3.05, 3.63) is 24.0 Å². The Morgan fingerprint density at radius 3 is 2.12 bits per heavy atom. The third-order valence-electron chi connectivity index (χ3n) is 2.18. The van der Waals surface area contributed by atoms with E-state index in [9.17, 15) is 44.3 Å². The van der Waals surface area contributed by atoms with Gasteiger partial charge < -0.3 is 4.74 Å². The smallest absolute Gasteiger partial charge is 0.428 e. The Morgan fingerprint density at radius 2 is 1.67 bits per heavy atom. The lowest BCUT2D eigenvalue weighted by molar-refractivity contribution is -0.442. The molecule has 4 nitrogen and oxygen atoms in total. The molecule has 13 heteroatoms. The summed E-state index contributed by atoms with van der Waals surface area (Å²) in [6, 6.07) is 1.27. The van der Waals surface area contributed by atoms with Gasteiger partial charge in [0.05, 0.1) is 0 Å². The van der Waals surface area contributed by atoms with E-state index in [2.05, 4.69) is 14.5 Å². The molecule has 0 N–H and O–H groups in total. The number of alkyl halides is 8. The first-order valence-electron chi connectivity index (χ1n) is 5.51. The number of hydrogen-bond donors (Lipinski definition) is 0. The highest BCUT2D eigenvalue weighted by molar-refractivity contribution is 5.51. The third-order valence-corrected chi connectivity index (χ3v) is 2.18. The van der Waals surface area contributed by atoms with E-state index in [4.69, 9.17) is 0 Å². The fourth-order valence-corrected chi connectivity index (χ4v) is 1.16. The number of isocyanates is 1. The molecule has 1 rings (SSSR count). The van der Waals surface area contributed by atoms with Crippen molar-refractivity contribution >= 4 is 11.8 Å². The molecule has 0 aromatic heterocycles. The van der Waals surface area contributed by atoms with Gasteiger partial charge in [-0.25, -0.2) is 13.6 Å². The zero-order chi connectivity index (χ0) is 18.8. The highest BCUT2D eigenvalue weighted by atomic mass is 19.4. The van der Waals surface area contributed by atoms with Gasteiger partial charge in [0, 0.05) is 6.07 Å². The van der Waals surface area contributed by atoms with Gasteiger partial charge in [-0.05, 0) is 12.1 Å². The predicted molar refractivity (Wildman–Crippen MR) is 56.7 cm³/mol. The van der Waals surface area contributed by atoms with E-state index in [-0.39, 0.29) is 6.07 Å².